The highest BCUT2D eigenvalue weighted by Crippen LogP contribution is 2.42. The maximum atomic E-state index is 5.44. The second kappa shape index (κ2) is 1.03. The van der Waals surface area contributed by atoms with Crippen molar-refractivity contribution in [3.8, 4) is 0 Å². The molecule has 0 aromatic carbocycles. The summed E-state index contributed by atoms with van der Waals surface area (Å²) in [6.45, 7) is 1.73. The van der Waals surface area contributed by atoms with Crippen LogP contribution in [-0.4, -0.2) is 10.6 Å². The molecule has 0 saturated carbocycles. The van der Waals surface area contributed by atoms with Crippen LogP contribution in [0.4, 0.5) is 0 Å². The summed E-state index contributed by atoms with van der Waals surface area (Å²) in [4.78, 5) is 0. The quantitative estimate of drug-likeness (QED) is 0.355. The first-order valence-electron chi connectivity index (χ1n) is 1.64. The number of hydrogen-bond donors (Lipinski definition) is 0. The molecule has 1 saturated heterocycles. The minimum absolute atomic E-state index is 0.265. The zero-order valence-electron chi connectivity index (χ0n) is 3.24. The van der Waals surface area contributed by atoms with Crippen LogP contribution in [0.2, 0.25) is 0 Å². The minimum Gasteiger partial charge on any atom is -0.333 e. The molecule has 0 amide bonds. The van der Waals surface area contributed by atoms with Crippen molar-refractivity contribution in [1.82, 2.24) is 0 Å². The first-order valence-corrected chi connectivity index (χ1v) is 2.45. The van der Waals surface area contributed by atoms with Crippen molar-refractivity contribution in [2.75, 3.05) is 0 Å². The molecule has 0 radical (unpaired) electrons. The molecule has 0 N–H and O–H groups in total. The summed E-state index contributed by atoms with van der Waals surface area (Å²) >= 11 is 10.8. The maximum Gasteiger partial charge on any atom is 0.181 e. The van der Waals surface area contributed by atoms with E-state index in [0.29, 0.717) is 0 Å². The molecule has 0 aromatic heterocycles. The summed E-state index contributed by atoms with van der Waals surface area (Å²) in [6, 6.07) is 0. The van der Waals surface area contributed by atoms with Gasteiger partial charge in [-0.3, -0.25) is 0 Å². The Kier molecular flexibility index (Phi) is 0.804. The molecule has 36 valence electrons. The minimum atomic E-state index is -0.554. The van der Waals surface area contributed by atoms with Crippen molar-refractivity contribution >= 4 is 23.2 Å². The van der Waals surface area contributed by atoms with Gasteiger partial charge in [0.15, 0.2) is 10.6 Å². The standard InChI is InChI=1S/C3H4Cl2O/c1-3(5)2(4)6-3/h2H,1H3/t2-,3-/m1/s1. The van der Waals surface area contributed by atoms with E-state index in [2.05, 4.69) is 4.74 Å². The van der Waals surface area contributed by atoms with E-state index in [1.165, 1.54) is 0 Å². The molecular formula is C3H4Cl2O. The molecule has 3 heteroatoms. The molecule has 0 bridgehead atoms. The average molecular weight is 127 g/mol. The summed E-state index contributed by atoms with van der Waals surface area (Å²) in [6.07, 6.45) is 0. The lowest BCUT2D eigenvalue weighted by Gasteiger charge is -1.79. The topological polar surface area (TPSA) is 12.5 Å². The van der Waals surface area contributed by atoms with Crippen LogP contribution in [0.1, 0.15) is 6.92 Å². The van der Waals surface area contributed by atoms with Gasteiger partial charge in [-0.05, 0) is 6.92 Å². The van der Waals surface area contributed by atoms with Crippen LogP contribution >= 0.6 is 23.2 Å². The highest BCUT2D eigenvalue weighted by molar-refractivity contribution is 6.34. The van der Waals surface area contributed by atoms with Gasteiger partial charge in [-0.1, -0.05) is 23.2 Å². The highest BCUT2D eigenvalue weighted by atomic mass is 35.5. The molecule has 2 atom stereocenters. The Morgan fingerprint density at radius 2 is 2.00 bits per heavy atom. The van der Waals surface area contributed by atoms with E-state index < -0.39 is 5.06 Å². The number of hydrogen-bond acceptors (Lipinski definition) is 1. The number of ether oxygens (including phenoxy) is 1. The van der Waals surface area contributed by atoms with Crippen LogP contribution in [0.25, 0.3) is 0 Å². The summed E-state index contributed by atoms with van der Waals surface area (Å²) in [5.74, 6) is 0. The summed E-state index contributed by atoms with van der Waals surface area (Å²) in [7, 11) is 0. The monoisotopic (exact) mass is 126 g/mol. The lowest BCUT2D eigenvalue weighted by Crippen LogP contribution is -1.90. The Balaban J connectivity index is 2.41. The number of epoxide rings is 1. The van der Waals surface area contributed by atoms with Crippen molar-refractivity contribution in [1.29, 1.82) is 0 Å². The number of rotatable bonds is 0. The molecule has 0 spiro atoms. The van der Waals surface area contributed by atoms with E-state index in [1.54, 1.807) is 6.92 Å². The molecule has 1 fully saturated rings. The van der Waals surface area contributed by atoms with Crippen LogP contribution in [-0.2, 0) is 4.74 Å². The van der Waals surface area contributed by atoms with E-state index in [9.17, 15) is 0 Å². The smallest absolute Gasteiger partial charge is 0.181 e. The third-order valence-electron chi connectivity index (χ3n) is 0.682. The highest BCUT2D eigenvalue weighted by Gasteiger charge is 2.49. The Bertz CT molecular complexity index is 71.2. The summed E-state index contributed by atoms with van der Waals surface area (Å²) in [5.41, 5.74) is -0.265. The third-order valence-corrected chi connectivity index (χ3v) is 1.59. The zero-order valence-corrected chi connectivity index (χ0v) is 4.75. The van der Waals surface area contributed by atoms with Gasteiger partial charge in [-0.2, -0.15) is 0 Å². The molecule has 1 aliphatic rings. The molecule has 1 heterocycles. The Labute approximate surface area is 46.2 Å². The van der Waals surface area contributed by atoms with Crippen molar-refractivity contribution in [3.63, 3.8) is 0 Å². The van der Waals surface area contributed by atoms with Crippen molar-refractivity contribution in [3.05, 3.63) is 0 Å². The van der Waals surface area contributed by atoms with Crippen molar-refractivity contribution in [2.45, 2.75) is 17.5 Å². The lowest BCUT2D eigenvalue weighted by atomic mass is 10.6. The van der Waals surface area contributed by atoms with Gasteiger partial charge in [0.2, 0.25) is 0 Å². The Hall–Kier alpha value is 0.540. The van der Waals surface area contributed by atoms with Gasteiger partial charge in [-0.25, -0.2) is 0 Å². The molecule has 0 unspecified atom stereocenters. The van der Waals surface area contributed by atoms with Crippen LogP contribution in [0.5, 0.6) is 0 Å². The van der Waals surface area contributed by atoms with E-state index in [-0.39, 0.29) is 5.56 Å². The fraction of sp³-hybridized carbons (Fsp3) is 1.00. The predicted octanol–water partition coefficient (Wildman–Crippen LogP) is 1.54. The lowest BCUT2D eigenvalue weighted by molar-refractivity contribution is 0.387. The van der Waals surface area contributed by atoms with E-state index in [4.69, 9.17) is 23.2 Å². The zero-order chi connectivity index (χ0) is 4.78. The SMILES string of the molecule is C[C@@]1(Cl)O[C@H]1Cl. The van der Waals surface area contributed by atoms with E-state index >= 15 is 0 Å². The second-order valence-corrected chi connectivity index (χ2v) is 2.57. The van der Waals surface area contributed by atoms with Gasteiger partial charge in [-0.15, -0.1) is 0 Å². The molecule has 6 heavy (non-hydrogen) atoms. The van der Waals surface area contributed by atoms with Crippen LogP contribution < -0.4 is 0 Å². The Morgan fingerprint density at radius 1 is 1.83 bits per heavy atom. The molecule has 1 nitrogen and oxygen atoms in total. The molecule has 1 aliphatic heterocycles. The summed E-state index contributed by atoms with van der Waals surface area (Å²) < 4.78 is 4.64. The van der Waals surface area contributed by atoms with Gasteiger partial charge in [0.05, 0.1) is 0 Å². The van der Waals surface area contributed by atoms with Crippen molar-refractivity contribution in [2.24, 2.45) is 0 Å². The molecular weight excluding hydrogens is 123 g/mol. The second-order valence-electron chi connectivity index (χ2n) is 1.42. The van der Waals surface area contributed by atoms with Gasteiger partial charge in [0.25, 0.3) is 0 Å². The van der Waals surface area contributed by atoms with Crippen LogP contribution in [0.3, 0.4) is 0 Å². The molecule has 1 rings (SSSR count). The van der Waals surface area contributed by atoms with Crippen molar-refractivity contribution < 1.29 is 4.74 Å². The Morgan fingerprint density at radius 3 is 2.00 bits per heavy atom. The van der Waals surface area contributed by atoms with Crippen LogP contribution in [0.15, 0.2) is 0 Å². The molecule has 0 aromatic rings. The fourth-order valence-electron chi connectivity index (χ4n) is 0.168. The predicted molar refractivity (Wildman–Crippen MR) is 25.0 cm³/mol. The molecule has 0 aliphatic carbocycles. The first kappa shape index (κ1) is 4.69. The number of alkyl halides is 2. The summed E-state index contributed by atoms with van der Waals surface area (Å²) in [5, 5.41) is -0.554. The normalized spacial score (nSPS) is 55.5. The first-order chi connectivity index (χ1) is 2.63. The van der Waals surface area contributed by atoms with Gasteiger partial charge >= 0.3 is 0 Å². The third kappa shape index (κ3) is 0.625. The maximum absolute atomic E-state index is 5.44. The van der Waals surface area contributed by atoms with E-state index in [1.807, 2.05) is 0 Å². The van der Waals surface area contributed by atoms with Gasteiger partial charge < -0.3 is 4.74 Å². The average Bonchev–Trinajstić information content (AvgIpc) is 1.73. The fourth-order valence-corrected chi connectivity index (χ4v) is 0.488. The van der Waals surface area contributed by atoms with Crippen LogP contribution in [0, 0.1) is 0 Å². The van der Waals surface area contributed by atoms with Gasteiger partial charge in [0, 0.05) is 0 Å². The number of halogens is 2. The van der Waals surface area contributed by atoms with Gasteiger partial charge in [0.1, 0.15) is 0 Å². The van der Waals surface area contributed by atoms with E-state index in [0.717, 1.165) is 0 Å². The largest absolute Gasteiger partial charge is 0.333 e.